The molecule has 2 fully saturated rings. The Kier molecular flexibility index (Phi) is 8.51. The maximum Gasteiger partial charge on any atom is 0.239 e. The van der Waals surface area contributed by atoms with Crippen molar-refractivity contribution in [3.05, 3.63) is 34.5 Å². The number of rotatable bonds is 6. The van der Waals surface area contributed by atoms with Crippen molar-refractivity contribution in [2.24, 2.45) is 0 Å². The minimum atomic E-state index is -1.88. The van der Waals surface area contributed by atoms with E-state index >= 15 is 0 Å². The van der Waals surface area contributed by atoms with Gasteiger partial charge in [-0.05, 0) is 19.1 Å². The third-order valence-corrected chi connectivity index (χ3v) is 7.38. The first-order valence-corrected chi connectivity index (χ1v) is 13.2. The Morgan fingerprint density at radius 3 is 1.93 bits per heavy atom. The van der Waals surface area contributed by atoms with Crippen LogP contribution in [0.4, 0.5) is 0 Å². The fraction of sp³-hybridized carbons (Fsp3) is 0.444. The molecule has 0 spiro atoms. The van der Waals surface area contributed by atoms with Crippen molar-refractivity contribution < 1.29 is 79.5 Å². The Morgan fingerprint density at radius 2 is 1.32 bits per heavy atom. The van der Waals surface area contributed by atoms with Gasteiger partial charge in [0.25, 0.3) is 0 Å². The van der Waals surface area contributed by atoms with E-state index in [1.807, 2.05) is 0 Å². The van der Waals surface area contributed by atoms with Gasteiger partial charge in [0.1, 0.15) is 65.2 Å². The lowest BCUT2D eigenvalue weighted by molar-refractivity contribution is -0.277. The SMILES string of the molecule is CC1O[C@@H](Oc2c(-c3cc(O)c(O)c(O)c3)oc3cc(O[C@@H]4OC(CO)[C@@H](O)[C@H](O)C4O)cc(O)c3c2=O)[C@@H](O)C(O)[C@H]1O. The Bertz CT molecular complexity index is 1560. The Balaban J connectivity index is 1.62. The van der Waals surface area contributed by atoms with Gasteiger partial charge in [0.05, 0.1) is 12.7 Å². The van der Waals surface area contributed by atoms with Gasteiger partial charge in [0, 0.05) is 17.7 Å². The molecule has 2 saturated heterocycles. The number of phenolic OH excluding ortho intramolecular Hbond substituents is 4. The highest BCUT2D eigenvalue weighted by molar-refractivity contribution is 5.88. The van der Waals surface area contributed by atoms with Crippen LogP contribution in [0.1, 0.15) is 6.92 Å². The van der Waals surface area contributed by atoms with E-state index in [1.165, 1.54) is 6.92 Å². The highest BCUT2D eigenvalue weighted by Gasteiger charge is 2.46. The number of aliphatic hydroxyl groups excluding tert-OH is 7. The summed E-state index contributed by atoms with van der Waals surface area (Å²) in [7, 11) is 0. The lowest BCUT2D eigenvalue weighted by atomic mass is 9.99. The van der Waals surface area contributed by atoms with Crippen LogP contribution in [-0.4, -0.2) is 124 Å². The van der Waals surface area contributed by atoms with Crippen molar-refractivity contribution in [1.82, 2.24) is 0 Å². The van der Waals surface area contributed by atoms with E-state index in [4.69, 9.17) is 23.4 Å². The van der Waals surface area contributed by atoms with Crippen LogP contribution >= 0.6 is 0 Å². The van der Waals surface area contributed by atoms with E-state index in [1.54, 1.807) is 0 Å². The molecule has 17 nitrogen and oxygen atoms in total. The van der Waals surface area contributed by atoms with Gasteiger partial charge in [0.15, 0.2) is 23.0 Å². The average molecular weight is 627 g/mol. The molecule has 4 unspecified atom stereocenters. The van der Waals surface area contributed by atoms with E-state index in [0.717, 1.165) is 24.3 Å². The molecule has 0 radical (unpaired) electrons. The van der Waals surface area contributed by atoms with Crippen LogP contribution in [0.15, 0.2) is 33.5 Å². The van der Waals surface area contributed by atoms with Gasteiger partial charge in [-0.3, -0.25) is 4.79 Å². The molecule has 3 heterocycles. The van der Waals surface area contributed by atoms with Crippen molar-refractivity contribution in [2.45, 2.75) is 68.3 Å². The molecule has 0 aliphatic carbocycles. The molecule has 0 bridgehead atoms. The number of aromatic hydroxyl groups is 4. The molecule has 2 aliphatic heterocycles. The largest absolute Gasteiger partial charge is 0.507 e. The normalized spacial score (nSPS) is 32.5. The van der Waals surface area contributed by atoms with Gasteiger partial charge < -0.3 is 79.5 Å². The first-order valence-electron chi connectivity index (χ1n) is 13.2. The van der Waals surface area contributed by atoms with Crippen molar-refractivity contribution >= 4 is 11.0 Å². The number of hydrogen-bond donors (Lipinski definition) is 11. The second-order valence-corrected chi connectivity index (χ2v) is 10.4. The molecule has 10 atom stereocenters. The van der Waals surface area contributed by atoms with Gasteiger partial charge in [-0.15, -0.1) is 0 Å². The summed E-state index contributed by atoms with van der Waals surface area (Å²) in [5, 5.41) is 111. The first kappa shape index (κ1) is 31.5. The van der Waals surface area contributed by atoms with Crippen molar-refractivity contribution in [1.29, 1.82) is 0 Å². The third-order valence-electron chi connectivity index (χ3n) is 7.38. The summed E-state index contributed by atoms with van der Waals surface area (Å²) in [6.07, 6.45) is -16.2. The van der Waals surface area contributed by atoms with Gasteiger partial charge in [-0.1, -0.05) is 0 Å². The predicted molar refractivity (Wildman–Crippen MR) is 142 cm³/mol. The average Bonchev–Trinajstić information content (AvgIpc) is 2.98. The molecular formula is C27H30O17. The summed E-state index contributed by atoms with van der Waals surface area (Å²) in [5.41, 5.74) is -1.75. The summed E-state index contributed by atoms with van der Waals surface area (Å²) >= 11 is 0. The highest BCUT2D eigenvalue weighted by atomic mass is 16.7. The number of phenols is 4. The van der Waals surface area contributed by atoms with Crippen LogP contribution in [0.25, 0.3) is 22.3 Å². The minimum absolute atomic E-state index is 0.259. The van der Waals surface area contributed by atoms with E-state index in [-0.39, 0.29) is 11.3 Å². The molecule has 2 aromatic carbocycles. The molecule has 44 heavy (non-hydrogen) atoms. The molecule has 0 amide bonds. The fourth-order valence-electron chi connectivity index (χ4n) is 4.88. The Morgan fingerprint density at radius 1 is 0.727 bits per heavy atom. The van der Waals surface area contributed by atoms with Crippen LogP contribution in [0.2, 0.25) is 0 Å². The second kappa shape index (κ2) is 11.9. The minimum Gasteiger partial charge on any atom is -0.507 e. The standard InChI is InChI=1S/C27H30O17/c1-7-16(32)20(36)22(38)26(40-7)44-25-19(35)15-10(29)4-9(41-27-23(39)21(37)18(34)14(6-28)43-27)5-13(15)42-24(25)8-2-11(30)17(33)12(31)3-8/h2-5,7,14,16,18,20-23,26-34,36-39H,6H2,1H3/t7?,14?,16-,18+,20?,21-,22-,23?,26-,27+/m0/s1. The zero-order valence-electron chi connectivity index (χ0n) is 22.7. The molecule has 17 heteroatoms. The van der Waals surface area contributed by atoms with E-state index in [9.17, 15) is 61.0 Å². The monoisotopic (exact) mass is 626 g/mol. The van der Waals surface area contributed by atoms with Crippen molar-refractivity contribution in [3.63, 3.8) is 0 Å². The van der Waals surface area contributed by atoms with Crippen LogP contribution in [0.3, 0.4) is 0 Å². The van der Waals surface area contributed by atoms with Gasteiger partial charge >= 0.3 is 0 Å². The van der Waals surface area contributed by atoms with Crippen LogP contribution < -0.4 is 14.9 Å². The molecule has 2 aliphatic rings. The second-order valence-electron chi connectivity index (χ2n) is 10.4. The Labute approximate surface area is 246 Å². The molecular weight excluding hydrogens is 596 g/mol. The summed E-state index contributed by atoms with van der Waals surface area (Å²) in [5.74, 6) is -4.92. The smallest absolute Gasteiger partial charge is 0.239 e. The molecule has 5 rings (SSSR count). The summed E-state index contributed by atoms with van der Waals surface area (Å²) in [6, 6.07) is 3.75. The maximum absolute atomic E-state index is 13.7. The maximum atomic E-state index is 13.7. The lowest BCUT2D eigenvalue weighted by Crippen LogP contribution is -2.60. The molecule has 3 aromatic rings. The fourth-order valence-corrected chi connectivity index (χ4v) is 4.88. The highest BCUT2D eigenvalue weighted by Crippen LogP contribution is 2.43. The first-order chi connectivity index (χ1) is 20.7. The number of fused-ring (bicyclic) bond motifs is 1. The summed E-state index contributed by atoms with van der Waals surface area (Å²) < 4.78 is 27.7. The quantitative estimate of drug-likeness (QED) is 0.128. The molecule has 0 saturated carbocycles. The number of benzene rings is 2. The zero-order chi connectivity index (χ0) is 32.2. The molecule has 11 N–H and O–H groups in total. The van der Waals surface area contributed by atoms with Crippen LogP contribution in [0.5, 0.6) is 34.5 Å². The lowest BCUT2D eigenvalue weighted by Gasteiger charge is -2.39. The van der Waals surface area contributed by atoms with E-state index in [2.05, 4.69) is 0 Å². The van der Waals surface area contributed by atoms with Gasteiger partial charge in [0.2, 0.25) is 23.8 Å². The number of hydrogen-bond acceptors (Lipinski definition) is 17. The Hall–Kier alpha value is -3.91. The number of aliphatic hydroxyl groups is 7. The van der Waals surface area contributed by atoms with E-state index in [0.29, 0.717) is 0 Å². The van der Waals surface area contributed by atoms with Crippen molar-refractivity contribution in [3.8, 4) is 45.8 Å². The van der Waals surface area contributed by atoms with E-state index < -0.39 is 119 Å². The van der Waals surface area contributed by atoms with Crippen LogP contribution in [-0.2, 0) is 9.47 Å². The summed E-state index contributed by atoms with van der Waals surface area (Å²) in [4.78, 5) is 13.7. The topological polar surface area (TPSA) is 290 Å². The third kappa shape index (κ3) is 5.45. The van der Waals surface area contributed by atoms with Gasteiger partial charge in [-0.2, -0.15) is 0 Å². The number of ether oxygens (including phenoxy) is 4. The molecule has 240 valence electrons. The molecule has 1 aromatic heterocycles. The zero-order valence-corrected chi connectivity index (χ0v) is 22.7. The van der Waals surface area contributed by atoms with Crippen molar-refractivity contribution in [2.75, 3.05) is 6.61 Å². The summed E-state index contributed by atoms with van der Waals surface area (Å²) in [6.45, 7) is 0.619. The van der Waals surface area contributed by atoms with Crippen LogP contribution in [0, 0.1) is 0 Å². The van der Waals surface area contributed by atoms with Gasteiger partial charge in [-0.25, -0.2) is 0 Å². The predicted octanol–water partition coefficient (Wildman–Crippen LogP) is -2.33.